The number of aromatic nitrogens is 2. The van der Waals surface area contributed by atoms with E-state index in [-0.39, 0.29) is 12.7 Å². The first-order valence-electron chi connectivity index (χ1n) is 9.47. The number of ether oxygens (including phenoxy) is 2. The molecule has 4 rings (SSSR count). The quantitative estimate of drug-likeness (QED) is 0.693. The van der Waals surface area contributed by atoms with Crippen LogP contribution < -0.4 is 19.7 Å². The number of hydrogen-bond acceptors (Lipinski definition) is 6. The molecule has 3 aromatic rings. The van der Waals surface area contributed by atoms with Crippen LogP contribution in [0.2, 0.25) is 0 Å². The van der Waals surface area contributed by atoms with Crippen molar-refractivity contribution in [1.29, 1.82) is 0 Å². The summed E-state index contributed by atoms with van der Waals surface area (Å²) < 4.78 is 10.7. The number of carbonyl (C=O) groups is 1. The van der Waals surface area contributed by atoms with Gasteiger partial charge >= 0.3 is 0 Å². The van der Waals surface area contributed by atoms with E-state index in [2.05, 4.69) is 21.4 Å². The highest BCUT2D eigenvalue weighted by atomic mass is 16.7. The highest BCUT2D eigenvalue weighted by Gasteiger charge is 2.15. The lowest BCUT2D eigenvalue weighted by molar-refractivity contribution is 0.0950. The topological polar surface area (TPSA) is 76.6 Å². The van der Waals surface area contributed by atoms with E-state index in [0.717, 1.165) is 23.5 Å². The van der Waals surface area contributed by atoms with Crippen molar-refractivity contribution in [2.45, 2.75) is 20.4 Å². The van der Waals surface area contributed by atoms with Crippen LogP contribution in [0.25, 0.3) is 0 Å². The molecule has 0 radical (unpaired) electrons. The molecule has 148 valence electrons. The Kier molecular flexibility index (Phi) is 5.29. The van der Waals surface area contributed by atoms with Gasteiger partial charge in [-0.3, -0.25) is 4.79 Å². The first-order valence-corrected chi connectivity index (χ1v) is 9.47. The Balaban J connectivity index is 1.42. The summed E-state index contributed by atoms with van der Waals surface area (Å²) in [4.78, 5) is 23.3. The smallest absolute Gasteiger partial charge is 0.254 e. The van der Waals surface area contributed by atoms with E-state index in [0.29, 0.717) is 23.8 Å². The normalized spacial score (nSPS) is 11.9. The number of fused-ring (bicyclic) bond motifs is 1. The summed E-state index contributed by atoms with van der Waals surface area (Å²) >= 11 is 0. The third-order valence-electron chi connectivity index (χ3n) is 4.66. The van der Waals surface area contributed by atoms with Crippen molar-refractivity contribution in [3.63, 3.8) is 0 Å². The number of aryl methyl sites for hydroxylation is 1. The highest BCUT2D eigenvalue weighted by molar-refractivity contribution is 5.93. The number of rotatable bonds is 6. The van der Waals surface area contributed by atoms with Crippen LogP contribution >= 0.6 is 0 Å². The van der Waals surface area contributed by atoms with Gasteiger partial charge in [-0.1, -0.05) is 18.2 Å². The van der Waals surface area contributed by atoms with E-state index in [1.54, 1.807) is 12.4 Å². The van der Waals surface area contributed by atoms with Crippen LogP contribution in [0.1, 0.15) is 28.4 Å². The molecule has 29 heavy (non-hydrogen) atoms. The van der Waals surface area contributed by atoms with Gasteiger partial charge in [-0.25, -0.2) is 9.97 Å². The Morgan fingerprint density at radius 1 is 1.10 bits per heavy atom. The second kappa shape index (κ2) is 8.18. The SMILES string of the molecule is CCN(c1cccc(C)c1)c1ncc(C(=O)NCc2ccc3c(c2)OCO3)cn1. The van der Waals surface area contributed by atoms with Gasteiger partial charge in [0.05, 0.1) is 5.56 Å². The fourth-order valence-corrected chi connectivity index (χ4v) is 3.15. The number of nitrogens with zero attached hydrogens (tertiary/aromatic N) is 3. The number of hydrogen-bond donors (Lipinski definition) is 1. The Morgan fingerprint density at radius 3 is 2.66 bits per heavy atom. The van der Waals surface area contributed by atoms with Gasteiger partial charge in [-0.2, -0.15) is 0 Å². The molecule has 0 atom stereocenters. The fraction of sp³-hybridized carbons (Fsp3) is 0.227. The maximum atomic E-state index is 12.5. The average Bonchev–Trinajstić information content (AvgIpc) is 3.21. The van der Waals surface area contributed by atoms with Gasteiger partial charge in [0.15, 0.2) is 11.5 Å². The number of anilines is 2. The standard InChI is InChI=1S/C22H22N4O3/c1-3-26(18-6-4-5-15(2)9-18)22-24-12-17(13-25-22)21(27)23-11-16-7-8-19-20(10-16)29-14-28-19/h4-10,12-13H,3,11,14H2,1-2H3,(H,23,27). The summed E-state index contributed by atoms with van der Waals surface area (Å²) in [5.41, 5.74) is 3.53. The molecule has 1 N–H and O–H groups in total. The van der Waals surface area contributed by atoms with Crippen molar-refractivity contribution in [2.75, 3.05) is 18.2 Å². The van der Waals surface area contributed by atoms with Gasteiger partial charge < -0.3 is 19.7 Å². The zero-order chi connectivity index (χ0) is 20.2. The second-order valence-corrected chi connectivity index (χ2v) is 6.73. The second-order valence-electron chi connectivity index (χ2n) is 6.73. The Bertz CT molecular complexity index is 1020. The molecule has 1 aliphatic heterocycles. The molecule has 0 aliphatic carbocycles. The predicted molar refractivity (Wildman–Crippen MR) is 110 cm³/mol. The summed E-state index contributed by atoms with van der Waals surface area (Å²) in [6.07, 6.45) is 3.10. The molecule has 0 unspecified atom stereocenters. The summed E-state index contributed by atoms with van der Waals surface area (Å²) in [5, 5.41) is 2.88. The number of carbonyl (C=O) groups excluding carboxylic acids is 1. The maximum Gasteiger partial charge on any atom is 0.254 e. The molecule has 0 bridgehead atoms. The summed E-state index contributed by atoms with van der Waals surface area (Å²) in [5.74, 6) is 1.75. The van der Waals surface area contributed by atoms with Crippen LogP contribution in [-0.4, -0.2) is 29.2 Å². The lowest BCUT2D eigenvalue weighted by Gasteiger charge is -2.21. The summed E-state index contributed by atoms with van der Waals surface area (Å²) in [6, 6.07) is 13.8. The summed E-state index contributed by atoms with van der Waals surface area (Å²) in [6.45, 7) is 5.41. The van der Waals surface area contributed by atoms with Crippen LogP contribution in [0, 0.1) is 6.92 Å². The van der Waals surface area contributed by atoms with Crippen LogP contribution in [-0.2, 0) is 6.54 Å². The van der Waals surface area contributed by atoms with Gasteiger partial charge in [0.1, 0.15) is 0 Å². The van der Waals surface area contributed by atoms with Crippen molar-refractivity contribution >= 4 is 17.5 Å². The number of amides is 1. The third-order valence-corrected chi connectivity index (χ3v) is 4.66. The van der Waals surface area contributed by atoms with Crippen molar-refractivity contribution < 1.29 is 14.3 Å². The molecule has 7 heteroatoms. The van der Waals surface area contributed by atoms with E-state index in [1.165, 1.54) is 5.56 Å². The molecule has 0 spiro atoms. The Hall–Kier alpha value is -3.61. The van der Waals surface area contributed by atoms with E-state index in [4.69, 9.17) is 9.47 Å². The van der Waals surface area contributed by atoms with Crippen molar-refractivity contribution in [3.8, 4) is 11.5 Å². The summed E-state index contributed by atoms with van der Waals surface area (Å²) in [7, 11) is 0. The van der Waals surface area contributed by atoms with E-state index in [1.807, 2.05) is 55.1 Å². The number of nitrogens with one attached hydrogen (secondary N) is 1. The molecule has 2 aromatic carbocycles. The molecule has 2 heterocycles. The van der Waals surface area contributed by atoms with Crippen molar-refractivity contribution in [2.24, 2.45) is 0 Å². The minimum atomic E-state index is -0.229. The van der Waals surface area contributed by atoms with Gasteiger partial charge in [0.25, 0.3) is 5.91 Å². The van der Waals surface area contributed by atoms with Crippen LogP contribution in [0.15, 0.2) is 54.9 Å². The molecule has 1 amide bonds. The lowest BCUT2D eigenvalue weighted by atomic mass is 10.2. The van der Waals surface area contributed by atoms with E-state index < -0.39 is 0 Å². The zero-order valence-electron chi connectivity index (χ0n) is 16.4. The lowest BCUT2D eigenvalue weighted by Crippen LogP contribution is -2.24. The monoisotopic (exact) mass is 390 g/mol. The average molecular weight is 390 g/mol. The molecular weight excluding hydrogens is 368 g/mol. The Morgan fingerprint density at radius 2 is 1.90 bits per heavy atom. The minimum absolute atomic E-state index is 0.228. The largest absolute Gasteiger partial charge is 0.454 e. The maximum absolute atomic E-state index is 12.5. The zero-order valence-corrected chi connectivity index (χ0v) is 16.4. The number of benzene rings is 2. The van der Waals surface area contributed by atoms with Gasteiger partial charge in [0, 0.05) is 31.2 Å². The van der Waals surface area contributed by atoms with Crippen LogP contribution in [0.5, 0.6) is 11.5 Å². The predicted octanol–water partition coefficient (Wildman–Crippen LogP) is 3.60. The molecule has 0 fully saturated rings. The molecule has 1 aliphatic rings. The van der Waals surface area contributed by atoms with Crippen molar-refractivity contribution in [3.05, 3.63) is 71.5 Å². The van der Waals surface area contributed by atoms with Gasteiger partial charge in [0.2, 0.25) is 12.7 Å². The Labute approximate surface area is 169 Å². The highest BCUT2D eigenvalue weighted by Crippen LogP contribution is 2.32. The first kappa shape index (κ1) is 18.7. The molecule has 0 saturated carbocycles. The first-order chi connectivity index (χ1) is 14.1. The molecule has 0 saturated heterocycles. The van der Waals surface area contributed by atoms with Gasteiger partial charge in [-0.15, -0.1) is 0 Å². The van der Waals surface area contributed by atoms with Crippen LogP contribution in [0.4, 0.5) is 11.6 Å². The van der Waals surface area contributed by atoms with Crippen LogP contribution in [0.3, 0.4) is 0 Å². The fourth-order valence-electron chi connectivity index (χ4n) is 3.15. The molecule has 7 nitrogen and oxygen atoms in total. The van der Waals surface area contributed by atoms with Crippen molar-refractivity contribution in [1.82, 2.24) is 15.3 Å². The van der Waals surface area contributed by atoms with E-state index in [9.17, 15) is 4.79 Å². The minimum Gasteiger partial charge on any atom is -0.454 e. The van der Waals surface area contributed by atoms with E-state index >= 15 is 0 Å². The van der Waals surface area contributed by atoms with Gasteiger partial charge in [-0.05, 0) is 49.2 Å². The molecular formula is C22H22N4O3. The third kappa shape index (κ3) is 4.13. The molecule has 1 aromatic heterocycles.